The van der Waals surface area contributed by atoms with Crippen molar-refractivity contribution in [3.8, 4) is 11.6 Å². The second-order valence-corrected chi connectivity index (χ2v) is 10.0. The first-order chi connectivity index (χ1) is 20.5. The van der Waals surface area contributed by atoms with Crippen LogP contribution in [0.15, 0.2) is 42.6 Å². The Morgan fingerprint density at radius 2 is 1.50 bits per heavy atom. The lowest BCUT2D eigenvalue weighted by Crippen LogP contribution is -2.33. The van der Waals surface area contributed by atoms with Gasteiger partial charge >= 0.3 is 12.1 Å². The summed E-state index contributed by atoms with van der Waals surface area (Å²) in [5.74, 6) is -0.978. The number of hydrogen-bond acceptors (Lipinski definition) is 8. The number of aromatic nitrogens is 1. The molecule has 2 aromatic rings. The van der Waals surface area contributed by atoms with Crippen molar-refractivity contribution in [2.75, 3.05) is 33.4 Å². The van der Waals surface area contributed by atoms with Crippen LogP contribution in [0, 0.1) is 0 Å². The van der Waals surface area contributed by atoms with Gasteiger partial charge in [-0.3, -0.25) is 9.59 Å². The van der Waals surface area contributed by atoms with Crippen LogP contribution in [-0.4, -0.2) is 56.4 Å². The fourth-order valence-electron chi connectivity index (χ4n) is 4.11. The smallest absolute Gasteiger partial charge is 0.414 e. The van der Waals surface area contributed by atoms with Crippen LogP contribution in [0.5, 0.6) is 11.6 Å². The number of nitrogens with one attached hydrogen (secondary N) is 2. The van der Waals surface area contributed by atoms with E-state index in [9.17, 15) is 14.4 Å². The van der Waals surface area contributed by atoms with Gasteiger partial charge < -0.3 is 29.6 Å². The Morgan fingerprint density at radius 1 is 0.833 bits per heavy atom. The number of amides is 2. The van der Waals surface area contributed by atoms with Gasteiger partial charge in [0.1, 0.15) is 13.2 Å². The number of hydrogen-bond donors (Lipinski definition) is 2. The summed E-state index contributed by atoms with van der Waals surface area (Å²) in [6, 6.07) is 10.6. The standard InChI is InChI=1S/C32H47N3O7/c1-3-4-5-6-7-8-9-10-11-15-20-40-21-16-19-33-30(37)27-22-28(39-2)31(34-23-27)42-32(38)35-24-29(36)41-25-26-17-13-12-14-18-26/h12-14,17-18,22-23H,3-11,15-16,19-21,24-25H2,1-2H3,(H,33,37)(H,35,38). The third-order valence-corrected chi connectivity index (χ3v) is 6.50. The predicted octanol–water partition coefficient (Wildman–Crippen LogP) is 5.98. The number of ether oxygens (including phenoxy) is 4. The van der Waals surface area contributed by atoms with Crippen LogP contribution in [0.2, 0.25) is 0 Å². The maximum Gasteiger partial charge on any atom is 0.414 e. The van der Waals surface area contributed by atoms with Crippen LogP contribution in [0.4, 0.5) is 4.79 Å². The van der Waals surface area contributed by atoms with Crippen LogP contribution >= 0.6 is 0 Å². The van der Waals surface area contributed by atoms with E-state index in [1.807, 2.05) is 30.3 Å². The topological polar surface area (TPSA) is 125 Å². The van der Waals surface area contributed by atoms with Gasteiger partial charge in [0.05, 0.1) is 12.7 Å². The molecule has 1 heterocycles. The Bertz CT molecular complexity index is 1050. The lowest BCUT2D eigenvalue weighted by atomic mass is 10.1. The molecule has 0 radical (unpaired) electrons. The van der Waals surface area contributed by atoms with Gasteiger partial charge in [-0.25, -0.2) is 9.78 Å². The molecule has 2 N–H and O–H groups in total. The van der Waals surface area contributed by atoms with Crippen molar-refractivity contribution in [1.82, 2.24) is 15.6 Å². The summed E-state index contributed by atoms with van der Waals surface area (Å²) in [7, 11) is 1.37. The number of rotatable bonds is 22. The van der Waals surface area contributed by atoms with E-state index in [1.165, 1.54) is 77.2 Å². The molecule has 10 nitrogen and oxygen atoms in total. The highest BCUT2D eigenvalue weighted by Crippen LogP contribution is 2.25. The molecule has 0 saturated carbocycles. The van der Waals surface area contributed by atoms with Crippen LogP contribution in [0.1, 0.15) is 93.5 Å². The lowest BCUT2D eigenvalue weighted by molar-refractivity contribution is -0.143. The Morgan fingerprint density at radius 3 is 2.19 bits per heavy atom. The van der Waals surface area contributed by atoms with Crippen molar-refractivity contribution in [2.45, 2.75) is 84.2 Å². The summed E-state index contributed by atoms with van der Waals surface area (Å²) in [6.45, 7) is 3.76. The highest BCUT2D eigenvalue weighted by molar-refractivity contribution is 5.94. The van der Waals surface area contributed by atoms with Gasteiger partial charge in [-0.1, -0.05) is 95.0 Å². The predicted molar refractivity (Wildman–Crippen MR) is 161 cm³/mol. The normalized spacial score (nSPS) is 10.6. The molecule has 0 aliphatic rings. The number of nitrogens with zero attached hydrogens (tertiary/aromatic N) is 1. The molecule has 0 fully saturated rings. The molecule has 2 rings (SSSR count). The van der Waals surface area contributed by atoms with Gasteiger partial charge in [0.15, 0.2) is 5.75 Å². The van der Waals surface area contributed by atoms with Crippen molar-refractivity contribution in [3.63, 3.8) is 0 Å². The molecule has 2 amide bonds. The fraction of sp³-hybridized carbons (Fsp3) is 0.562. The van der Waals surface area contributed by atoms with Crippen LogP contribution < -0.4 is 20.1 Å². The summed E-state index contributed by atoms with van der Waals surface area (Å²) < 4.78 is 21.1. The van der Waals surface area contributed by atoms with Crippen molar-refractivity contribution >= 4 is 18.0 Å². The summed E-state index contributed by atoms with van der Waals surface area (Å²) in [4.78, 5) is 40.5. The molecule has 0 spiro atoms. The van der Waals surface area contributed by atoms with Gasteiger partial charge in [0.2, 0.25) is 0 Å². The summed E-state index contributed by atoms with van der Waals surface area (Å²) >= 11 is 0. The quantitative estimate of drug-likeness (QED) is 0.128. The molecule has 1 aromatic heterocycles. The van der Waals surface area contributed by atoms with Crippen molar-refractivity contribution in [2.24, 2.45) is 0 Å². The molecule has 0 bridgehead atoms. The zero-order valence-electron chi connectivity index (χ0n) is 25.2. The zero-order valence-corrected chi connectivity index (χ0v) is 25.2. The Hall–Kier alpha value is -3.66. The Kier molecular flexibility index (Phi) is 18.1. The molecule has 0 unspecified atom stereocenters. The molecule has 10 heteroatoms. The van der Waals surface area contributed by atoms with E-state index in [0.717, 1.165) is 18.6 Å². The third kappa shape index (κ3) is 15.4. The van der Waals surface area contributed by atoms with E-state index in [-0.39, 0.29) is 36.3 Å². The maximum atomic E-state index is 12.5. The van der Waals surface area contributed by atoms with Crippen molar-refractivity contribution < 1.29 is 33.3 Å². The molecular weight excluding hydrogens is 538 g/mol. The first kappa shape index (κ1) is 34.5. The van der Waals surface area contributed by atoms with Gasteiger partial charge in [0, 0.05) is 32.0 Å². The third-order valence-electron chi connectivity index (χ3n) is 6.50. The summed E-state index contributed by atoms with van der Waals surface area (Å²) in [6.07, 6.45) is 14.0. The highest BCUT2D eigenvalue weighted by atomic mass is 16.6. The van der Waals surface area contributed by atoms with E-state index in [1.54, 1.807) is 0 Å². The first-order valence-corrected chi connectivity index (χ1v) is 15.1. The minimum atomic E-state index is -0.910. The Labute approximate surface area is 249 Å². The van der Waals surface area contributed by atoms with E-state index in [0.29, 0.717) is 19.6 Å². The Balaban J connectivity index is 1.56. The number of methoxy groups -OCH3 is 1. The SMILES string of the molecule is CCCCCCCCCCCCOCCCNC(=O)c1cnc(OC(=O)NCC(=O)OCc2ccccc2)c(OC)c1. The zero-order chi connectivity index (χ0) is 30.3. The lowest BCUT2D eigenvalue weighted by Gasteiger charge is -2.11. The fourth-order valence-corrected chi connectivity index (χ4v) is 4.11. The van der Waals surface area contributed by atoms with Gasteiger partial charge in [-0.2, -0.15) is 0 Å². The van der Waals surface area contributed by atoms with E-state index in [2.05, 4.69) is 22.5 Å². The maximum absolute atomic E-state index is 12.5. The number of pyridine rings is 1. The molecule has 1 aromatic carbocycles. The minimum absolute atomic E-state index is 0.0989. The summed E-state index contributed by atoms with van der Waals surface area (Å²) in [5, 5.41) is 5.13. The molecule has 0 atom stereocenters. The van der Waals surface area contributed by atoms with E-state index >= 15 is 0 Å². The van der Waals surface area contributed by atoms with Crippen molar-refractivity contribution in [3.05, 3.63) is 53.7 Å². The molecule has 0 saturated heterocycles. The number of carbonyl (C=O) groups is 3. The average molecular weight is 586 g/mol. The summed E-state index contributed by atoms with van der Waals surface area (Å²) in [5.41, 5.74) is 1.09. The second kappa shape index (κ2) is 22.0. The van der Waals surface area contributed by atoms with Crippen LogP contribution in [0.3, 0.4) is 0 Å². The number of esters is 1. The number of carbonyl (C=O) groups excluding carboxylic acids is 3. The highest BCUT2D eigenvalue weighted by Gasteiger charge is 2.16. The number of benzene rings is 1. The molecule has 232 valence electrons. The molecular formula is C32H47N3O7. The monoisotopic (exact) mass is 585 g/mol. The van der Waals surface area contributed by atoms with Crippen LogP contribution in [0.25, 0.3) is 0 Å². The van der Waals surface area contributed by atoms with Gasteiger partial charge in [0.25, 0.3) is 11.8 Å². The molecule has 42 heavy (non-hydrogen) atoms. The minimum Gasteiger partial charge on any atom is -0.491 e. The van der Waals surface area contributed by atoms with Crippen molar-refractivity contribution in [1.29, 1.82) is 0 Å². The number of unbranched alkanes of at least 4 members (excludes halogenated alkanes) is 9. The van der Waals surface area contributed by atoms with Gasteiger partial charge in [-0.05, 0) is 18.4 Å². The largest absolute Gasteiger partial charge is 0.491 e. The van der Waals surface area contributed by atoms with Crippen LogP contribution in [-0.2, 0) is 20.9 Å². The van der Waals surface area contributed by atoms with Gasteiger partial charge in [-0.15, -0.1) is 0 Å². The van der Waals surface area contributed by atoms with E-state index in [4.69, 9.17) is 18.9 Å². The first-order valence-electron chi connectivity index (χ1n) is 15.1. The molecule has 0 aliphatic carbocycles. The molecule has 0 aliphatic heterocycles. The second-order valence-electron chi connectivity index (χ2n) is 10.0. The van der Waals surface area contributed by atoms with E-state index < -0.39 is 12.1 Å². The average Bonchev–Trinajstić information content (AvgIpc) is 3.01.